The molecule has 4 rings (SSSR count). The van der Waals surface area contributed by atoms with Crippen molar-refractivity contribution in [1.82, 2.24) is 14.5 Å². The molecule has 0 aliphatic heterocycles. The molecule has 0 radical (unpaired) electrons. The summed E-state index contributed by atoms with van der Waals surface area (Å²) in [6, 6.07) is 17.0. The number of unbranched alkanes of at least 4 members (excludes halogenated alkanes) is 13. The third-order valence-corrected chi connectivity index (χ3v) is 7.50. The lowest BCUT2D eigenvalue weighted by atomic mass is 10.0. The van der Waals surface area contributed by atoms with Crippen LogP contribution in [0.3, 0.4) is 0 Å². The number of para-hydroxylation sites is 3. The van der Waals surface area contributed by atoms with Gasteiger partial charge in [0.2, 0.25) is 5.95 Å². The van der Waals surface area contributed by atoms with E-state index >= 15 is 0 Å². The fourth-order valence-electron chi connectivity index (χ4n) is 5.35. The number of aromatic nitrogens is 3. The van der Waals surface area contributed by atoms with Crippen LogP contribution in [-0.4, -0.2) is 14.5 Å². The number of imidazole rings is 1. The Labute approximate surface area is 217 Å². The first-order chi connectivity index (χ1) is 17.9. The second-order valence-electron chi connectivity index (χ2n) is 10.4. The van der Waals surface area contributed by atoms with E-state index < -0.39 is 0 Å². The minimum absolute atomic E-state index is 0.770. The second kappa shape index (κ2) is 14.7. The monoisotopic (exact) mass is 486 g/mol. The van der Waals surface area contributed by atoms with Gasteiger partial charge in [-0.15, -0.1) is 0 Å². The highest BCUT2D eigenvalue weighted by Crippen LogP contribution is 2.23. The summed E-state index contributed by atoms with van der Waals surface area (Å²) in [5.41, 5.74) is 4.77. The van der Waals surface area contributed by atoms with Crippen LogP contribution in [0.4, 0.5) is 5.95 Å². The number of fused-ring (bicyclic) bond motifs is 2. The summed E-state index contributed by atoms with van der Waals surface area (Å²) in [5.74, 6) is 0.983. The number of aromatic amines is 1. The van der Waals surface area contributed by atoms with E-state index in [0.717, 1.165) is 24.6 Å². The van der Waals surface area contributed by atoms with E-state index in [2.05, 4.69) is 76.5 Å². The molecule has 2 aromatic carbocycles. The van der Waals surface area contributed by atoms with Crippen LogP contribution in [0.5, 0.6) is 0 Å². The van der Waals surface area contributed by atoms with Gasteiger partial charge in [0.15, 0.2) is 0 Å². The molecule has 0 saturated heterocycles. The summed E-state index contributed by atoms with van der Waals surface area (Å²) in [6.07, 6.45) is 21.6. The van der Waals surface area contributed by atoms with E-state index in [0.29, 0.717) is 0 Å². The molecular formula is C32H46N4. The third-order valence-electron chi connectivity index (χ3n) is 7.50. The summed E-state index contributed by atoms with van der Waals surface area (Å²) < 4.78 is 2.38. The summed E-state index contributed by atoms with van der Waals surface area (Å²) in [5, 5.41) is 4.91. The molecule has 2 heterocycles. The van der Waals surface area contributed by atoms with Crippen molar-refractivity contribution in [3.8, 4) is 0 Å². The highest BCUT2D eigenvalue weighted by atomic mass is 15.2. The summed E-state index contributed by atoms with van der Waals surface area (Å²) in [4.78, 5) is 8.30. The molecule has 2 N–H and O–H groups in total. The zero-order valence-corrected chi connectivity index (χ0v) is 22.4. The summed E-state index contributed by atoms with van der Waals surface area (Å²) >= 11 is 0. The SMILES string of the molecule is CCCCCCCCCCCCCCCCn1c(NCc2c[nH]c3ccccc23)nc2ccccc21. The quantitative estimate of drug-likeness (QED) is 0.137. The zero-order valence-electron chi connectivity index (χ0n) is 22.4. The fraction of sp³-hybridized carbons (Fsp3) is 0.531. The van der Waals surface area contributed by atoms with Crippen LogP contribution >= 0.6 is 0 Å². The molecule has 0 unspecified atom stereocenters. The van der Waals surface area contributed by atoms with Gasteiger partial charge >= 0.3 is 0 Å². The van der Waals surface area contributed by atoms with Gasteiger partial charge < -0.3 is 14.9 Å². The van der Waals surface area contributed by atoms with Crippen LogP contribution in [0.15, 0.2) is 54.7 Å². The first-order valence-electron chi connectivity index (χ1n) is 14.6. The average Bonchev–Trinajstić information content (AvgIpc) is 3.48. The number of H-pyrrole nitrogens is 1. The number of benzene rings is 2. The Morgan fingerprint density at radius 3 is 2.06 bits per heavy atom. The largest absolute Gasteiger partial charge is 0.361 e. The predicted octanol–water partition coefficient (Wildman–Crippen LogP) is 9.61. The number of rotatable bonds is 18. The van der Waals surface area contributed by atoms with Crippen LogP contribution in [-0.2, 0) is 13.1 Å². The Morgan fingerprint density at radius 2 is 1.33 bits per heavy atom. The number of aryl methyl sites for hydroxylation is 1. The topological polar surface area (TPSA) is 45.6 Å². The van der Waals surface area contributed by atoms with Crippen molar-refractivity contribution in [1.29, 1.82) is 0 Å². The highest BCUT2D eigenvalue weighted by molar-refractivity contribution is 5.83. The third kappa shape index (κ3) is 7.62. The standard InChI is InChI=1S/C32H46N4/c1-2-3-4-5-6-7-8-9-10-11-12-13-14-19-24-36-31-23-18-17-22-30(31)35-32(36)34-26-27-25-33-29-21-16-15-20-28(27)29/h15-18,20-23,25,33H,2-14,19,24,26H2,1H3,(H,34,35). The molecular weight excluding hydrogens is 440 g/mol. The molecule has 0 spiro atoms. The molecule has 4 aromatic rings. The lowest BCUT2D eigenvalue weighted by Gasteiger charge is -2.11. The maximum atomic E-state index is 4.92. The van der Waals surface area contributed by atoms with Gasteiger partial charge in [-0.2, -0.15) is 0 Å². The maximum Gasteiger partial charge on any atom is 0.204 e. The van der Waals surface area contributed by atoms with Crippen LogP contribution < -0.4 is 5.32 Å². The van der Waals surface area contributed by atoms with Crippen molar-refractivity contribution in [2.24, 2.45) is 0 Å². The number of anilines is 1. The van der Waals surface area contributed by atoms with E-state index in [4.69, 9.17) is 4.98 Å². The van der Waals surface area contributed by atoms with Gasteiger partial charge in [0.1, 0.15) is 0 Å². The predicted molar refractivity (Wildman–Crippen MR) is 156 cm³/mol. The Bertz CT molecular complexity index is 1160. The van der Waals surface area contributed by atoms with Crippen LogP contribution in [0.1, 0.15) is 102 Å². The molecule has 0 saturated carbocycles. The van der Waals surface area contributed by atoms with Gasteiger partial charge in [-0.1, -0.05) is 121 Å². The van der Waals surface area contributed by atoms with Crippen molar-refractivity contribution in [3.63, 3.8) is 0 Å². The van der Waals surface area contributed by atoms with Crippen LogP contribution in [0, 0.1) is 0 Å². The van der Waals surface area contributed by atoms with Gasteiger partial charge in [-0.3, -0.25) is 0 Å². The normalized spacial score (nSPS) is 11.6. The van der Waals surface area contributed by atoms with Crippen LogP contribution in [0.25, 0.3) is 21.9 Å². The Hall–Kier alpha value is -2.75. The molecule has 0 aliphatic rings. The molecule has 0 amide bonds. The van der Waals surface area contributed by atoms with Crippen molar-refractivity contribution < 1.29 is 0 Å². The van der Waals surface area contributed by atoms with Crippen molar-refractivity contribution in [2.45, 2.75) is 110 Å². The van der Waals surface area contributed by atoms with Gasteiger partial charge in [0.25, 0.3) is 0 Å². The molecule has 4 nitrogen and oxygen atoms in total. The van der Waals surface area contributed by atoms with E-state index in [1.54, 1.807) is 0 Å². The van der Waals surface area contributed by atoms with Crippen LogP contribution in [0.2, 0.25) is 0 Å². The first-order valence-corrected chi connectivity index (χ1v) is 14.6. The molecule has 0 bridgehead atoms. The van der Waals surface area contributed by atoms with E-state index in [9.17, 15) is 0 Å². The highest BCUT2D eigenvalue weighted by Gasteiger charge is 2.11. The smallest absolute Gasteiger partial charge is 0.204 e. The molecule has 194 valence electrons. The summed E-state index contributed by atoms with van der Waals surface area (Å²) in [6.45, 7) is 4.09. The molecule has 4 heteroatoms. The number of nitrogens with one attached hydrogen (secondary N) is 2. The van der Waals surface area contributed by atoms with Gasteiger partial charge in [0.05, 0.1) is 11.0 Å². The molecule has 36 heavy (non-hydrogen) atoms. The number of hydrogen-bond donors (Lipinski definition) is 2. The molecule has 0 atom stereocenters. The first kappa shape index (κ1) is 26.3. The Morgan fingerprint density at radius 1 is 0.722 bits per heavy atom. The number of hydrogen-bond acceptors (Lipinski definition) is 2. The van der Waals surface area contributed by atoms with E-state index in [1.165, 1.54) is 112 Å². The van der Waals surface area contributed by atoms with Crippen molar-refractivity contribution >= 4 is 27.9 Å². The second-order valence-corrected chi connectivity index (χ2v) is 10.4. The van der Waals surface area contributed by atoms with Gasteiger partial charge in [-0.05, 0) is 30.2 Å². The fourth-order valence-corrected chi connectivity index (χ4v) is 5.35. The van der Waals surface area contributed by atoms with Crippen molar-refractivity contribution in [3.05, 3.63) is 60.3 Å². The van der Waals surface area contributed by atoms with Gasteiger partial charge in [-0.25, -0.2) is 4.98 Å². The summed E-state index contributed by atoms with van der Waals surface area (Å²) in [7, 11) is 0. The van der Waals surface area contributed by atoms with Gasteiger partial charge in [0, 0.05) is 30.2 Å². The Balaban J connectivity index is 1.17. The minimum atomic E-state index is 0.770. The van der Waals surface area contributed by atoms with Crippen molar-refractivity contribution in [2.75, 3.05) is 5.32 Å². The minimum Gasteiger partial charge on any atom is -0.361 e. The number of nitrogens with zero attached hydrogens (tertiary/aromatic N) is 2. The zero-order chi connectivity index (χ0) is 24.8. The lowest BCUT2D eigenvalue weighted by Crippen LogP contribution is -2.08. The molecule has 0 fully saturated rings. The molecule has 2 aromatic heterocycles. The average molecular weight is 487 g/mol. The molecule has 0 aliphatic carbocycles. The lowest BCUT2D eigenvalue weighted by molar-refractivity contribution is 0.526. The van der Waals surface area contributed by atoms with E-state index in [1.807, 2.05) is 0 Å². The Kier molecular flexibility index (Phi) is 10.8. The van der Waals surface area contributed by atoms with E-state index in [-0.39, 0.29) is 0 Å². The maximum absolute atomic E-state index is 4.92.